The van der Waals surface area contributed by atoms with Crippen LogP contribution in [-0.4, -0.2) is 10.9 Å². The largest absolute Gasteiger partial charge is 0.397 e. The second kappa shape index (κ2) is 8.22. The molecule has 1 amide bonds. The number of hydrogen-bond donors (Lipinski definition) is 4. The Labute approximate surface area is 165 Å². The van der Waals surface area contributed by atoms with E-state index in [1.54, 1.807) is 18.2 Å². The SMILES string of the molecule is N#Cc1ccc(N)c(Nc2cc(NCc3cc(F)cc(F)c3)c(C(N)=O)cn2)c1. The van der Waals surface area contributed by atoms with Gasteiger partial charge in [-0.1, -0.05) is 0 Å². The first-order valence-corrected chi connectivity index (χ1v) is 8.41. The van der Waals surface area contributed by atoms with Crippen LogP contribution in [0.15, 0.2) is 48.7 Å². The third-order valence-electron chi connectivity index (χ3n) is 4.02. The Bertz CT molecular complexity index is 1110. The molecule has 6 N–H and O–H groups in total. The van der Waals surface area contributed by atoms with E-state index in [-0.39, 0.29) is 12.1 Å². The Morgan fingerprint density at radius 3 is 2.48 bits per heavy atom. The van der Waals surface area contributed by atoms with Gasteiger partial charge in [0.05, 0.1) is 34.3 Å². The number of nitrogens with two attached hydrogens (primary N) is 2. The Balaban J connectivity index is 1.88. The fraction of sp³-hybridized carbons (Fsp3) is 0.0500. The lowest BCUT2D eigenvalue weighted by atomic mass is 10.1. The molecule has 0 spiro atoms. The van der Waals surface area contributed by atoms with Gasteiger partial charge < -0.3 is 22.1 Å². The Morgan fingerprint density at radius 2 is 1.83 bits per heavy atom. The van der Waals surface area contributed by atoms with Crippen LogP contribution in [0.25, 0.3) is 0 Å². The smallest absolute Gasteiger partial charge is 0.252 e. The Morgan fingerprint density at radius 1 is 1.10 bits per heavy atom. The zero-order chi connectivity index (χ0) is 21.0. The molecule has 0 aliphatic rings. The van der Waals surface area contributed by atoms with Gasteiger partial charge in [0.15, 0.2) is 0 Å². The van der Waals surface area contributed by atoms with Crippen molar-refractivity contribution in [3.63, 3.8) is 0 Å². The lowest BCUT2D eigenvalue weighted by Gasteiger charge is -2.14. The second-order valence-electron chi connectivity index (χ2n) is 6.15. The van der Waals surface area contributed by atoms with Crippen molar-refractivity contribution in [3.8, 4) is 6.07 Å². The van der Waals surface area contributed by atoms with Gasteiger partial charge in [0.1, 0.15) is 17.5 Å². The number of carbonyl (C=O) groups is 1. The van der Waals surface area contributed by atoms with Crippen molar-refractivity contribution in [2.45, 2.75) is 6.54 Å². The van der Waals surface area contributed by atoms with E-state index >= 15 is 0 Å². The number of nitrogens with one attached hydrogen (secondary N) is 2. The first-order valence-electron chi connectivity index (χ1n) is 8.41. The Hall–Kier alpha value is -4.19. The number of halogens is 2. The van der Waals surface area contributed by atoms with Crippen LogP contribution in [0.4, 0.5) is 31.7 Å². The molecule has 0 radical (unpaired) electrons. The molecule has 29 heavy (non-hydrogen) atoms. The van der Waals surface area contributed by atoms with Crippen LogP contribution in [0.1, 0.15) is 21.5 Å². The molecule has 0 saturated carbocycles. The predicted octanol–water partition coefficient (Wildman–Crippen LogP) is 3.27. The Kier molecular flexibility index (Phi) is 5.55. The number of nitriles is 1. The van der Waals surface area contributed by atoms with Crippen molar-refractivity contribution in [3.05, 3.63) is 77.0 Å². The zero-order valence-corrected chi connectivity index (χ0v) is 15.0. The number of aromatic nitrogens is 1. The fourth-order valence-electron chi connectivity index (χ4n) is 2.65. The minimum Gasteiger partial charge on any atom is -0.397 e. The van der Waals surface area contributed by atoms with E-state index in [4.69, 9.17) is 16.7 Å². The van der Waals surface area contributed by atoms with Gasteiger partial charge in [-0.05, 0) is 35.9 Å². The van der Waals surface area contributed by atoms with E-state index in [1.165, 1.54) is 24.4 Å². The number of benzene rings is 2. The fourth-order valence-corrected chi connectivity index (χ4v) is 2.65. The topological polar surface area (TPSA) is 130 Å². The summed E-state index contributed by atoms with van der Waals surface area (Å²) < 4.78 is 26.7. The summed E-state index contributed by atoms with van der Waals surface area (Å²) in [4.78, 5) is 15.8. The molecule has 0 unspecified atom stereocenters. The predicted molar refractivity (Wildman–Crippen MR) is 105 cm³/mol. The maximum Gasteiger partial charge on any atom is 0.252 e. The number of hydrogen-bond acceptors (Lipinski definition) is 6. The minimum atomic E-state index is -0.719. The highest BCUT2D eigenvalue weighted by Crippen LogP contribution is 2.26. The van der Waals surface area contributed by atoms with Gasteiger partial charge in [0.2, 0.25) is 0 Å². The molecule has 3 rings (SSSR count). The number of nitrogens with zero attached hydrogens (tertiary/aromatic N) is 2. The van der Waals surface area contributed by atoms with E-state index in [9.17, 15) is 13.6 Å². The molecule has 146 valence electrons. The maximum atomic E-state index is 13.4. The summed E-state index contributed by atoms with van der Waals surface area (Å²) in [5, 5.41) is 14.9. The maximum absolute atomic E-state index is 13.4. The van der Waals surface area contributed by atoms with Crippen LogP contribution < -0.4 is 22.1 Å². The number of anilines is 4. The number of rotatable bonds is 6. The van der Waals surface area contributed by atoms with E-state index in [0.717, 1.165) is 6.07 Å². The molecule has 0 aliphatic heterocycles. The van der Waals surface area contributed by atoms with Crippen LogP contribution in [-0.2, 0) is 6.54 Å². The summed E-state index contributed by atoms with van der Waals surface area (Å²) in [5.74, 6) is -1.81. The summed E-state index contributed by atoms with van der Waals surface area (Å²) in [6.45, 7) is 0.0461. The molecule has 7 nitrogen and oxygen atoms in total. The van der Waals surface area contributed by atoms with Gasteiger partial charge in [-0.3, -0.25) is 4.79 Å². The molecule has 0 fully saturated rings. The molecule has 1 heterocycles. The summed E-state index contributed by atoms with van der Waals surface area (Å²) in [5.41, 5.74) is 13.3. The molecular formula is C20H16F2N6O. The molecule has 9 heteroatoms. The van der Waals surface area contributed by atoms with Crippen molar-refractivity contribution in [2.75, 3.05) is 16.4 Å². The lowest BCUT2D eigenvalue weighted by Crippen LogP contribution is -2.15. The quantitative estimate of drug-likeness (QED) is 0.475. The van der Waals surface area contributed by atoms with E-state index < -0.39 is 17.5 Å². The number of pyridine rings is 1. The lowest BCUT2D eigenvalue weighted by molar-refractivity contribution is 0.100. The molecular weight excluding hydrogens is 378 g/mol. The van der Waals surface area contributed by atoms with E-state index in [1.807, 2.05) is 6.07 Å². The van der Waals surface area contributed by atoms with Gasteiger partial charge in [0, 0.05) is 24.9 Å². The van der Waals surface area contributed by atoms with Gasteiger partial charge >= 0.3 is 0 Å². The van der Waals surface area contributed by atoms with Crippen LogP contribution in [0.3, 0.4) is 0 Å². The molecule has 3 aromatic rings. The van der Waals surface area contributed by atoms with Crippen LogP contribution in [0, 0.1) is 23.0 Å². The monoisotopic (exact) mass is 394 g/mol. The van der Waals surface area contributed by atoms with Crippen LogP contribution in [0.2, 0.25) is 0 Å². The van der Waals surface area contributed by atoms with Crippen LogP contribution in [0.5, 0.6) is 0 Å². The second-order valence-corrected chi connectivity index (χ2v) is 6.15. The summed E-state index contributed by atoms with van der Waals surface area (Å²) in [7, 11) is 0. The number of amides is 1. The average Bonchev–Trinajstić information content (AvgIpc) is 2.67. The third kappa shape index (κ3) is 4.75. The number of primary amides is 1. The van der Waals surface area contributed by atoms with Crippen molar-refractivity contribution in [1.82, 2.24) is 4.98 Å². The average molecular weight is 394 g/mol. The number of nitrogen functional groups attached to an aromatic ring is 1. The summed E-state index contributed by atoms with van der Waals surface area (Å²) in [6, 6.07) is 11.4. The first kappa shape index (κ1) is 19.6. The highest BCUT2D eigenvalue weighted by atomic mass is 19.1. The van der Waals surface area contributed by atoms with Gasteiger partial charge in [-0.25, -0.2) is 13.8 Å². The van der Waals surface area contributed by atoms with Crippen LogP contribution >= 0.6 is 0 Å². The van der Waals surface area contributed by atoms with Crippen molar-refractivity contribution in [2.24, 2.45) is 5.73 Å². The zero-order valence-electron chi connectivity index (χ0n) is 15.0. The molecule has 0 atom stereocenters. The summed E-state index contributed by atoms with van der Waals surface area (Å²) >= 11 is 0. The normalized spacial score (nSPS) is 10.2. The highest BCUT2D eigenvalue weighted by Gasteiger charge is 2.12. The van der Waals surface area contributed by atoms with E-state index in [0.29, 0.717) is 34.0 Å². The number of carbonyl (C=O) groups excluding carboxylic acids is 1. The standard InChI is InChI=1S/C20H16F2N6O/c21-13-3-12(4-14(22)6-13)9-26-17-7-19(27-10-15(17)20(25)29)28-18-5-11(8-23)1-2-16(18)24/h1-7,10H,9,24H2,(H2,25,29)(H2,26,27,28). The first-order chi connectivity index (χ1) is 13.9. The van der Waals surface area contributed by atoms with Crippen molar-refractivity contribution < 1.29 is 13.6 Å². The highest BCUT2D eigenvalue weighted by molar-refractivity contribution is 5.98. The van der Waals surface area contributed by atoms with Gasteiger partial charge in [-0.15, -0.1) is 0 Å². The molecule has 0 aliphatic carbocycles. The van der Waals surface area contributed by atoms with Crippen molar-refractivity contribution in [1.29, 1.82) is 5.26 Å². The van der Waals surface area contributed by atoms with Gasteiger partial charge in [-0.2, -0.15) is 5.26 Å². The molecule has 1 aromatic heterocycles. The van der Waals surface area contributed by atoms with Crippen molar-refractivity contribution >= 4 is 28.8 Å². The van der Waals surface area contributed by atoms with Gasteiger partial charge in [0.25, 0.3) is 5.91 Å². The molecule has 0 bridgehead atoms. The third-order valence-corrected chi connectivity index (χ3v) is 4.02. The summed E-state index contributed by atoms with van der Waals surface area (Å²) in [6.07, 6.45) is 1.27. The minimum absolute atomic E-state index is 0.0461. The van der Waals surface area contributed by atoms with E-state index in [2.05, 4.69) is 15.6 Å². The molecule has 2 aromatic carbocycles. The molecule has 0 saturated heterocycles.